The monoisotopic (exact) mass is 325 g/mol. The fourth-order valence-electron chi connectivity index (χ4n) is 3.86. The zero-order chi connectivity index (χ0) is 17.1. The van der Waals surface area contributed by atoms with Gasteiger partial charge in [0.1, 0.15) is 0 Å². The Hall–Kier alpha value is -1.99. The van der Waals surface area contributed by atoms with Gasteiger partial charge in [-0.2, -0.15) is 0 Å². The van der Waals surface area contributed by atoms with Gasteiger partial charge in [0.2, 0.25) is 5.91 Å². The average molecular weight is 325 g/mol. The van der Waals surface area contributed by atoms with Crippen LogP contribution < -0.4 is 9.80 Å². The van der Waals surface area contributed by atoms with E-state index in [-0.39, 0.29) is 17.9 Å². The van der Waals surface area contributed by atoms with Crippen LogP contribution in [0.3, 0.4) is 0 Å². The molecule has 4 heteroatoms. The van der Waals surface area contributed by atoms with Gasteiger partial charge in [-0.25, -0.2) is 0 Å². The van der Waals surface area contributed by atoms with Crippen LogP contribution in [0.2, 0.25) is 0 Å². The lowest BCUT2D eigenvalue weighted by molar-refractivity contribution is -0.124. The van der Waals surface area contributed by atoms with Crippen molar-refractivity contribution in [3.63, 3.8) is 0 Å². The molecule has 1 aromatic rings. The molecule has 0 aliphatic carbocycles. The van der Waals surface area contributed by atoms with E-state index < -0.39 is 0 Å². The zero-order valence-electron chi connectivity index (χ0n) is 14.7. The summed E-state index contributed by atoms with van der Waals surface area (Å²) < 4.78 is 0. The number of anilines is 2. The summed E-state index contributed by atoms with van der Waals surface area (Å²) in [5.41, 5.74) is 2.21. The van der Waals surface area contributed by atoms with Crippen LogP contribution in [0, 0.1) is 18.3 Å². The number of hydrogen-bond donors (Lipinski definition) is 0. The van der Waals surface area contributed by atoms with Crippen LogP contribution in [0.4, 0.5) is 11.4 Å². The van der Waals surface area contributed by atoms with Gasteiger partial charge < -0.3 is 9.80 Å². The standard InChI is InChI=1S/C20H27N3O/c1-4-12-22-14-10-17(11-15-22)20(24)23-16(2)9-13-21(3)18-7-5-6-8-19(18)23/h1,5-8,16-17H,9-15H2,2-3H3/t16-/m0/s1. The van der Waals surface area contributed by atoms with Crippen LogP contribution in [0.1, 0.15) is 26.2 Å². The number of likely N-dealkylation sites (tertiary alicyclic amines) is 1. The zero-order valence-corrected chi connectivity index (χ0v) is 14.7. The molecule has 128 valence electrons. The molecule has 1 saturated heterocycles. The van der Waals surface area contributed by atoms with Gasteiger partial charge in [0.15, 0.2) is 0 Å². The lowest BCUT2D eigenvalue weighted by Gasteiger charge is -2.35. The Morgan fingerprint density at radius 2 is 1.83 bits per heavy atom. The Kier molecular flexibility index (Phi) is 5.11. The van der Waals surface area contributed by atoms with E-state index in [0.29, 0.717) is 6.54 Å². The van der Waals surface area contributed by atoms with Crippen LogP contribution in [-0.2, 0) is 4.79 Å². The van der Waals surface area contributed by atoms with E-state index in [1.807, 2.05) is 12.1 Å². The second kappa shape index (κ2) is 7.27. The van der Waals surface area contributed by atoms with Crippen molar-refractivity contribution in [2.45, 2.75) is 32.2 Å². The summed E-state index contributed by atoms with van der Waals surface area (Å²) in [6.45, 7) is 5.67. The van der Waals surface area contributed by atoms with Gasteiger partial charge in [-0.1, -0.05) is 18.1 Å². The Bertz CT molecular complexity index is 628. The molecule has 1 amide bonds. The van der Waals surface area contributed by atoms with E-state index in [2.05, 4.69) is 46.7 Å². The van der Waals surface area contributed by atoms with E-state index in [1.165, 1.54) is 0 Å². The molecular formula is C20H27N3O. The summed E-state index contributed by atoms with van der Waals surface area (Å²) in [5, 5.41) is 0. The van der Waals surface area contributed by atoms with Crippen molar-refractivity contribution in [1.29, 1.82) is 0 Å². The van der Waals surface area contributed by atoms with Gasteiger partial charge in [-0.15, -0.1) is 6.42 Å². The first-order chi connectivity index (χ1) is 11.6. The number of piperidine rings is 1. The summed E-state index contributed by atoms with van der Waals surface area (Å²) in [7, 11) is 2.11. The molecule has 2 aliphatic rings. The Balaban J connectivity index is 1.81. The number of carbonyl (C=O) groups is 1. The Morgan fingerprint density at radius 3 is 2.50 bits per heavy atom. The van der Waals surface area contributed by atoms with Crippen LogP contribution in [0.25, 0.3) is 0 Å². The molecule has 4 nitrogen and oxygen atoms in total. The molecule has 0 aromatic heterocycles. The fourth-order valence-corrected chi connectivity index (χ4v) is 3.86. The van der Waals surface area contributed by atoms with Gasteiger partial charge in [0, 0.05) is 25.6 Å². The minimum absolute atomic E-state index is 0.109. The molecule has 3 rings (SSSR count). The van der Waals surface area contributed by atoms with E-state index >= 15 is 0 Å². The first-order valence-electron chi connectivity index (χ1n) is 8.91. The molecule has 0 unspecified atom stereocenters. The molecule has 1 atom stereocenters. The molecule has 0 radical (unpaired) electrons. The Labute approximate surface area is 145 Å². The molecule has 0 bridgehead atoms. The number of nitrogens with zero attached hydrogens (tertiary/aromatic N) is 3. The van der Waals surface area contributed by atoms with Crippen molar-refractivity contribution >= 4 is 17.3 Å². The molecule has 1 fully saturated rings. The molecule has 24 heavy (non-hydrogen) atoms. The van der Waals surface area contributed by atoms with Crippen molar-refractivity contribution < 1.29 is 4.79 Å². The highest BCUT2D eigenvalue weighted by Gasteiger charge is 2.34. The first kappa shape index (κ1) is 16.9. The number of amides is 1. The maximum absolute atomic E-state index is 13.3. The lowest BCUT2D eigenvalue weighted by atomic mass is 9.94. The molecule has 0 saturated carbocycles. The van der Waals surface area contributed by atoms with E-state index in [0.717, 1.165) is 50.3 Å². The van der Waals surface area contributed by atoms with Crippen molar-refractivity contribution in [2.75, 3.05) is 43.0 Å². The number of carbonyl (C=O) groups excluding carboxylic acids is 1. The third-order valence-corrected chi connectivity index (χ3v) is 5.36. The predicted molar refractivity (Wildman–Crippen MR) is 99.3 cm³/mol. The average Bonchev–Trinajstić information content (AvgIpc) is 2.73. The van der Waals surface area contributed by atoms with E-state index in [9.17, 15) is 4.79 Å². The number of terminal acetylenes is 1. The summed E-state index contributed by atoms with van der Waals surface area (Å²) in [4.78, 5) is 19.9. The smallest absolute Gasteiger partial charge is 0.230 e. The highest BCUT2D eigenvalue weighted by Crippen LogP contribution is 2.35. The van der Waals surface area contributed by atoms with Crippen molar-refractivity contribution in [3.8, 4) is 12.3 Å². The number of hydrogen-bond acceptors (Lipinski definition) is 3. The highest BCUT2D eigenvalue weighted by molar-refractivity contribution is 5.99. The number of benzene rings is 1. The minimum Gasteiger partial charge on any atom is -0.373 e. The van der Waals surface area contributed by atoms with Gasteiger partial charge in [0.05, 0.1) is 17.9 Å². The van der Waals surface area contributed by atoms with Gasteiger partial charge in [-0.05, 0) is 51.4 Å². The minimum atomic E-state index is 0.109. The number of rotatable bonds is 2. The fraction of sp³-hybridized carbons (Fsp3) is 0.550. The van der Waals surface area contributed by atoms with Gasteiger partial charge in [-0.3, -0.25) is 9.69 Å². The summed E-state index contributed by atoms with van der Waals surface area (Å²) in [6.07, 6.45) is 8.20. The van der Waals surface area contributed by atoms with Crippen molar-refractivity contribution in [3.05, 3.63) is 24.3 Å². The molecule has 0 N–H and O–H groups in total. The highest BCUT2D eigenvalue weighted by atomic mass is 16.2. The predicted octanol–water partition coefficient (Wildman–Crippen LogP) is 2.59. The molecule has 2 aliphatic heterocycles. The molecular weight excluding hydrogens is 298 g/mol. The number of fused-ring (bicyclic) bond motifs is 1. The second-order valence-electron chi connectivity index (χ2n) is 7.01. The van der Waals surface area contributed by atoms with Crippen molar-refractivity contribution in [1.82, 2.24) is 4.90 Å². The quantitative estimate of drug-likeness (QED) is 0.782. The summed E-state index contributed by atoms with van der Waals surface area (Å²) >= 11 is 0. The topological polar surface area (TPSA) is 26.8 Å². The Morgan fingerprint density at radius 1 is 1.17 bits per heavy atom. The first-order valence-corrected chi connectivity index (χ1v) is 8.91. The van der Waals surface area contributed by atoms with Gasteiger partial charge >= 0.3 is 0 Å². The van der Waals surface area contributed by atoms with E-state index in [1.54, 1.807) is 0 Å². The maximum Gasteiger partial charge on any atom is 0.230 e. The third kappa shape index (κ3) is 3.27. The summed E-state index contributed by atoms with van der Waals surface area (Å²) in [5.74, 6) is 3.10. The third-order valence-electron chi connectivity index (χ3n) is 5.36. The SMILES string of the molecule is C#CCN1CCC(C(=O)N2c3ccccc3N(C)CC[C@@H]2C)CC1. The molecule has 0 spiro atoms. The molecule has 1 aromatic carbocycles. The van der Waals surface area contributed by atoms with Crippen LogP contribution >= 0.6 is 0 Å². The summed E-state index contributed by atoms with van der Waals surface area (Å²) in [6, 6.07) is 8.50. The largest absolute Gasteiger partial charge is 0.373 e. The van der Waals surface area contributed by atoms with Crippen LogP contribution in [0.5, 0.6) is 0 Å². The van der Waals surface area contributed by atoms with Crippen molar-refractivity contribution in [2.24, 2.45) is 5.92 Å². The normalized spacial score (nSPS) is 22.6. The molecule has 2 heterocycles. The van der Waals surface area contributed by atoms with E-state index in [4.69, 9.17) is 6.42 Å². The van der Waals surface area contributed by atoms with Crippen LogP contribution in [0.15, 0.2) is 24.3 Å². The maximum atomic E-state index is 13.3. The van der Waals surface area contributed by atoms with Gasteiger partial charge in [0.25, 0.3) is 0 Å². The second-order valence-corrected chi connectivity index (χ2v) is 7.01. The number of para-hydroxylation sites is 2. The lowest BCUT2D eigenvalue weighted by Crippen LogP contribution is -2.46. The van der Waals surface area contributed by atoms with Crippen LogP contribution in [-0.4, -0.2) is 50.1 Å².